The van der Waals surface area contributed by atoms with Gasteiger partial charge in [-0.3, -0.25) is 0 Å². The number of nitrogens with two attached hydrogens (primary N) is 1. The van der Waals surface area contributed by atoms with Crippen LogP contribution in [-0.4, -0.2) is 0 Å². The Bertz CT molecular complexity index is 433. The maximum atomic E-state index is 5.88. The predicted octanol–water partition coefficient (Wildman–Crippen LogP) is 3.57. The molecule has 68 valence electrons. The number of hydrogen-bond donors (Lipinski definition) is 1. The van der Waals surface area contributed by atoms with Gasteiger partial charge in [-0.25, -0.2) is 0 Å². The molecule has 1 aromatic carbocycles. The molecular weight excluding hydrogens is 202 g/mol. The zero-order valence-corrected chi connectivity index (χ0v) is 8.82. The molecule has 2 aromatic rings. The van der Waals surface area contributed by atoms with Crippen molar-refractivity contribution in [3.8, 4) is 0 Å². The van der Waals surface area contributed by atoms with Gasteiger partial charge in [-0.05, 0) is 35.4 Å². The number of rotatable bonds is 1. The average molecular weight is 212 g/mol. The van der Waals surface area contributed by atoms with E-state index >= 15 is 0 Å². The maximum absolute atomic E-state index is 5.88. The fraction of sp³-hybridized carbons (Fsp3) is 0.200. The van der Waals surface area contributed by atoms with E-state index in [0.29, 0.717) is 0 Å². The van der Waals surface area contributed by atoms with Crippen LogP contribution in [0.2, 0.25) is 5.02 Å². The monoisotopic (exact) mass is 211 g/mol. The van der Waals surface area contributed by atoms with E-state index in [1.165, 1.54) is 15.6 Å². The summed E-state index contributed by atoms with van der Waals surface area (Å²) in [7, 11) is 0. The molecule has 3 heteroatoms. The Balaban J connectivity index is 2.69. The van der Waals surface area contributed by atoms with Crippen molar-refractivity contribution in [2.24, 2.45) is 5.73 Å². The molecule has 13 heavy (non-hydrogen) atoms. The molecule has 0 radical (unpaired) electrons. The van der Waals surface area contributed by atoms with E-state index in [1.807, 2.05) is 25.1 Å². The van der Waals surface area contributed by atoms with Crippen LogP contribution in [0.4, 0.5) is 0 Å². The molecule has 0 aliphatic carbocycles. The lowest BCUT2D eigenvalue weighted by atomic mass is 10.1. The highest BCUT2D eigenvalue weighted by Gasteiger charge is 2.07. The van der Waals surface area contributed by atoms with E-state index in [9.17, 15) is 0 Å². The van der Waals surface area contributed by atoms with E-state index in [2.05, 4.69) is 5.38 Å². The van der Waals surface area contributed by atoms with Crippen molar-refractivity contribution in [1.82, 2.24) is 0 Å². The first-order chi connectivity index (χ1) is 6.18. The van der Waals surface area contributed by atoms with Gasteiger partial charge in [-0.2, -0.15) is 0 Å². The molecule has 1 aromatic heterocycles. The van der Waals surface area contributed by atoms with Crippen LogP contribution < -0.4 is 5.73 Å². The van der Waals surface area contributed by atoms with E-state index in [4.69, 9.17) is 17.3 Å². The summed E-state index contributed by atoms with van der Waals surface area (Å²) >= 11 is 7.57. The number of hydrogen-bond acceptors (Lipinski definition) is 2. The summed E-state index contributed by atoms with van der Waals surface area (Å²) < 4.78 is 1.21. The van der Waals surface area contributed by atoms with Crippen molar-refractivity contribution in [2.75, 3.05) is 0 Å². The fourth-order valence-corrected chi connectivity index (χ4v) is 2.72. The highest BCUT2D eigenvalue weighted by atomic mass is 35.5. The van der Waals surface area contributed by atoms with Gasteiger partial charge in [0.15, 0.2) is 0 Å². The second-order valence-electron chi connectivity index (χ2n) is 3.12. The van der Waals surface area contributed by atoms with E-state index < -0.39 is 0 Å². The van der Waals surface area contributed by atoms with Crippen molar-refractivity contribution in [2.45, 2.75) is 13.0 Å². The third kappa shape index (κ3) is 1.57. The second kappa shape index (κ2) is 3.29. The lowest BCUT2D eigenvalue weighted by Gasteiger charge is -2.02. The topological polar surface area (TPSA) is 26.0 Å². The highest BCUT2D eigenvalue weighted by Crippen LogP contribution is 2.31. The van der Waals surface area contributed by atoms with Crippen LogP contribution in [0.3, 0.4) is 0 Å². The lowest BCUT2D eigenvalue weighted by molar-refractivity contribution is 0.830. The SMILES string of the molecule is CC(N)c1csc2cc(Cl)ccc12. The second-order valence-corrected chi connectivity index (χ2v) is 4.47. The molecule has 0 fully saturated rings. The fourth-order valence-electron chi connectivity index (χ4n) is 1.38. The number of benzene rings is 1. The molecule has 1 nitrogen and oxygen atoms in total. The number of thiophene rings is 1. The number of halogens is 1. The van der Waals surface area contributed by atoms with E-state index in [-0.39, 0.29) is 6.04 Å². The van der Waals surface area contributed by atoms with Crippen molar-refractivity contribution < 1.29 is 0 Å². The van der Waals surface area contributed by atoms with Crippen LogP contribution in [0.25, 0.3) is 10.1 Å². The van der Waals surface area contributed by atoms with Gasteiger partial charge in [0.25, 0.3) is 0 Å². The third-order valence-corrected chi connectivity index (χ3v) is 3.26. The summed E-state index contributed by atoms with van der Waals surface area (Å²) in [5.74, 6) is 0. The lowest BCUT2D eigenvalue weighted by Crippen LogP contribution is -2.03. The molecule has 2 N–H and O–H groups in total. The minimum atomic E-state index is 0.0925. The summed E-state index contributed by atoms with van der Waals surface area (Å²) in [6.07, 6.45) is 0. The third-order valence-electron chi connectivity index (χ3n) is 2.06. The van der Waals surface area contributed by atoms with Crippen LogP contribution in [0.15, 0.2) is 23.6 Å². The Hall–Kier alpha value is -0.570. The molecule has 0 saturated carbocycles. The van der Waals surface area contributed by atoms with Gasteiger partial charge in [0.2, 0.25) is 0 Å². The molecule has 1 unspecified atom stereocenters. The van der Waals surface area contributed by atoms with Crippen molar-refractivity contribution >= 4 is 33.0 Å². The standard InChI is InChI=1S/C10H10ClNS/c1-6(12)9-5-13-10-4-7(11)2-3-8(9)10/h2-6H,12H2,1H3. The molecule has 0 amide bonds. The predicted molar refractivity (Wildman–Crippen MR) is 59.4 cm³/mol. The molecule has 2 rings (SSSR count). The molecule has 0 saturated heterocycles. The van der Waals surface area contributed by atoms with Crippen LogP contribution in [0.1, 0.15) is 18.5 Å². The zero-order chi connectivity index (χ0) is 9.42. The molecule has 0 aliphatic rings. The quantitative estimate of drug-likeness (QED) is 0.767. The largest absolute Gasteiger partial charge is 0.324 e. The van der Waals surface area contributed by atoms with Gasteiger partial charge in [-0.1, -0.05) is 17.7 Å². The number of fused-ring (bicyclic) bond motifs is 1. The van der Waals surface area contributed by atoms with Crippen molar-refractivity contribution in [3.63, 3.8) is 0 Å². The molecule has 1 heterocycles. The Morgan fingerprint density at radius 1 is 1.46 bits per heavy atom. The van der Waals surface area contributed by atoms with Crippen molar-refractivity contribution in [3.05, 3.63) is 34.2 Å². The summed E-state index contributed by atoms with van der Waals surface area (Å²) in [6.45, 7) is 2.00. The average Bonchev–Trinajstić information content (AvgIpc) is 2.46. The van der Waals surface area contributed by atoms with Gasteiger partial charge in [-0.15, -0.1) is 11.3 Å². The molecule has 0 bridgehead atoms. The molecular formula is C10H10ClNS. The first-order valence-corrected chi connectivity index (χ1v) is 5.36. The van der Waals surface area contributed by atoms with E-state index in [1.54, 1.807) is 11.3 Å². The van der Waals surface area contributed by atoms with Crippen LogP contribution in [0.5, 0.6) is 0 Å². The maximum Gasteiger partial charge on any atom is 0.0420 e. The molecule has 0 spiro atoms. The van der Waals surface area contributed by atoms with Gasteiger partial charge >= 0.3 is 0 Å². The minimum absolute atomic E-state index is 0.0925. The Morgan fingerprint density at radius 3 is 2.92 bits per heavy atom. The normalized spacial score (nSPS) is 13.5. The van der Waals surface area contributed by atoms with Gasteiger partial charge < -0.3 is 5.73 Å². The molecule has 1 atom stereocenters. The van der Waals surface area contributed by atoms with Crippen molar-refractivity contribution in [1.29, 1.82) is 0 Å². The van der Waals surface area contributed by atoms with Crippen LogP contribution in [0, 0.1) is 0 Å². The first-order valence-electron chi connectivity index (χ1n) is 4.10. The first kappa shape index (κ1) is 9.00. The van der Waals surface area contributed by atoms with Gasteiger partial charge in [0.1, 0.15) is 0 Å². The van der Waals surface area contributed by atoms with Gasteiger partial charge in [0, 0.05) is 15.8 Å². The van der Waals surface area contributed by atoms with Crippen LogP contribution >= 0.6 is 22.9 Å². The zero-order valence-electron chi connectivity index (χ0n) is 7.25. The smallest absolute Gasteiger partial charge is 0.0420 e. The summed E-state index contributed by atoms with van der Waals surface area (Å²) in [5.41, 5.74) is 7.04. The minimum Gasteiger partial charge on any atom is -0.324 e. The molecule has 0 aliphatic heterocycles. The van der Waals surface area contributed by atoms with Crippen LogP contribution in [-0.2, 0) is 0 Å². The summed E-state index contributed by atoms with van der Waals surface area (Å²) in [6, 6.07) is 6.01. The Morgan fingerprint density at radius 2 is 2.23 bits per heavy atom. The van der Waals surface area contributed by atoms with E-state index in [0.717, 1.165) is 5.02 Å². The Labute approximate surface area is 86.1 Å². The Kier molecular flexibility index (Phi) is 2.28. The summed E-state index contributed by atoms with van der Waals surface area (Å²) in [5, 5.41) is 4.11. The highest BCUT2D eigenvalue weighted by molar-refractivity contribution is 7.17. The van der Waals surface area contributed by atoms with Gasteiger partial charge in [0.05, 0.1) is 0 Å². The summed E-state index contributed by atoms with van der Waals surface area (Å²) in [4.78, 5) is 0.